The summed E-state index contributed by atoms with van der Waals surface area (Å²) < 4.78 is 8.08. The first-order valence-electron chi connectivity index (χ1n) is 4.66. The van der Waals surface area contributed by atoms with E-state index in [1.54, 1.807) is 4.90 Å². The van der Waals surface area contributed by atoms with E-state index in [1.165, 1.54) is 0 Å². The van der Waals surface area contributed by atoms with Crippen LogP contribution >= 0.6 is 22.9 Å². The summed E-state index contributed by atoms with van der Waals surface area (Å²) in [5.41, 5.74) is 1.96. The van der Waals surface area contributed by atoms with Crippen molar-refractivity contribution in [3.8, 4) is 0 Å². The fourth-order valence-corrected chi connectivity index (χ4v) is 1.85. The standard InChI is InChI=1S/C10H11IN2O2/c11-12-8-1-3-9(4-2-8)13-5-6-15-7-10(13)14/h1-4,12H,5-7H2. The van der Waals surface area contributed by atoms with Gasteiger partial charge in [-0.3, -0.25) is 4.79 Å². The quantitative estimate of drug-likeness (QED) is 0.668. The van der Waals surface area contributed by atoms with E-state index in [0.29, 0.717) is 13.2 Å². The smallest absolute Gasteiger partial charge is 0.253 e. The van der Waals surface area contributed by atoms with E-state index in [9.17, 15) is 4.79 Å². The van der Waals surface area contributed by atoms with Crippen LogP contribution in [0.15, 0.2) is 24.3 Å². The first kappa shape index (κ1) is 10.7. The van der Waals surface area contributed by atoms with E-state index in [0.717, 1.165) is 11.4 Å². The average Bonchev–Trinajstić information content (AvgIpc) is 2.30. The maximum absolute atomic E-state index is 11.5. The number of benzene rings is 1. The first-order chi connectivity index (χ1) is 7.31. The second-order valence-electron chi connectivity index (χ2n) is 3.24. The summed E-state index contributed by atoms with van der Waals surface area (Å²) in [7, 11) is 0. The molecule has 0 atom stereocenters. The van der Waals surface area contributed by atoms with Crippen molar-refractivity contribution >= 4 is 40.1 Å². The number of nitrogens with one attached hydrogen (secondary N) is 1. The largest absolute Gasteiger partial charge is 0.370 e. The molecule has 1 aliphatic rings. The predicted molar refractivity (Wildman–Crippen MR) is 67.3 cm³/mol. The summed E-state index contributed by atoms with van der Waals surface area (Å²) in [4.78, 5) is 13.3. The molecule has 0 unspecified atom stereocenters. The highest BCUT2D eigenvalue weighted by Gasteiger charge is 2.19. The molecule has 0 bridgehead atoms. The molecule has 1 aromatic carbocycles. The van der Waals surface area contributed by atoms with E-state index in [-0.39, 0.29) is 12.5 Å². The number of amides is 1. The number of nitrogens with zero attached hydrogens (tertiary/aromatic N) is 1. The number of morpholine rings is 1. The van der Waals surface area contributed by atoms with Crippen LogP contribution in [0.1, 0.15) is 0 Å². The number of anilines is 2. The fraction of sp³-hybridized carbons (Fsp3) is 0.300. The lowest BCUT2D eigenvalue weighted by atomic mass is 10.2. The topological polar surface area (TPSA) is 41.6 Å². The SMILES string of the molecule is O=C1COCCN1c1ccc(NI)cc1. The number of rotatable bonds is 2. The van der Waals surface area contributed by atoms with E-state index >= 15 is 0 Å². The number of carbonyl (C=O) groups excluding carboxylic acids is 1. The Morgan fingerprint density at radius 2 is 2.07 bits per heavy atom. The highest BCUT2D eigenvalue weighted by molar-refractivity contribution is 14.1. The molecule has 1 amide bonds. The van der Waals surface area contributed by atoms with Gasteiger partial charge >= 0.3 is 0 Å². The molecule has 0 saturated carbocycles. The molecule has 1 fully saturated rings. The molecule has 15 heavy (non-hydrogen) atoms. The van der Waals surface area contributed by atoms with Crippen LogP contribution in [0.4, 0.5) is 11.4 Å². The van der Waals surface area contributed by atoms with Crippen molar-refractivity contribution < 1.29 is 9.53 Å². The third-order valence-corrected chi connectivity index (χ3v) is 2.90. The van der Waals surface area contributed by atoms with Crippen molar-refractivity contribution in [3.63, 3.8) is 0 Å². The molecule has 2 rings (SSSR count). The molecular weight excluding hydrogens is 307 g/mol. The molecule has 1 aromatic rings. The van der Waals surface area contributed by atoms with Crippen LogP contribution < -0.4 is 8.43 Å². The van der Waals surface area contributed by atoms with E-state index in [2.05, 4.69) is 26.4 Å². The summed E-state index contributed by atoms with van der Waals surface area (Å²) >= 11 is 2.07. The predicted octanol–water partition coefficient (Wildman–Crippen LogP) is 1.81. The second-order valence-corrected chi connectivity index (χ2v) is 3.78. The van der Waals surface area contributed by atoms with Crippen LogP contribution in [-0.4, -0.2) is 25.7 Å². The number of halogens is 1. The van der Waals surface area contributed by atoms with Gasteiger partial charge in [-0.25, -0.2) is 0 Å². The van der Waals surface area contributed by atoms with Crippen molar-refractivity contribution in [2.24, 2.45) is 0 Å². The summed E-state index contributed by atoms with van der Waals surface area (Å²) in [5.74, 6) is 0.0245. The third kappa shape index (κ3) is 2.40. The van der Waals surface area contributed by atoms with Gasteiger partial charge in [-0.15, -0.1) is 0 Å². The molecule has 4 nitrogen and oxygen atoms in total. The van der Waals surface area contributed by atoms with Gasteiger partial charge in [0.25, 0.3) is 5.91 Å². The van der Waals surface area contributed by atoms with E-state index in [4.69, 9.17) is 4.74 Å². The molecule has 1 aliphatic heterocycles. The summed E-state index contributed by atoms with van der Waals surface area (Å²) in [6.45, 7) is 1.43. The van der Waals surface area contributed by atoms with Crippen molar-refractivity contribution in [2.75, 3.05) is 28.2 Å². The van der Waals surface area contributed by atoms with Crippen LogP contribution in [0.25, 0.3) is 0 Å². The molecule has 0 aromatic heterocycles. The molecule has 1 saturated heterocycles. The van der Waals surface area contributed by atoms with Crippen molar-refractivity contribution in [3.05, 3.63) is 24.3 Å². The number of hydrogen-bond acceptors (Lipinski definition) is 3. The van der Waals surface area contributed by atoms with Gasteiger partial charge in [0.05, 0.1) is 29.5 Å². The lowest BCUT2D eigenvalue weighted by Gasteiger charge is -2.26. The Hall–Kier alpha value is -0.820. The molecule has 0 aliphatic carbocycles. The minimum atomic E-state index is 0.0245. The maximum atomic E-state index is 11.5. The Morgan fingerprint density at radius 3 is 2.67 bits per heavy atom. The summed E-state index contributed by atoms with van der Waals surface area (Å²) in [6.07, 6.45) is 0. The zero-order valence-electron chi connectivity index (χ0n) is 8.07. The maximum Gasteiger partial charge on any atom is 0.253 e. The number of ether oxygens (including phenoxy) is 1. The van der Waals surface area contributed by atoms with Crippen molar-refractivity contribution in [2.45, 2.75) is 0 Å². The number of hydrogen-bond donors (Lipinski definition) is 1. The Bertz CT molecular complexity index is 353. The minimum Gasteiger partial charge on any atom is -0.370 e. The van der Waals surface area contributed by atoms with Gasteiger partial charge < -0.3 is 13.2 Å². The Kier molecular flexibility index (Phi) is 3.42. The molecule has 1 heterocycles. The second kappa shape index (κ2) is 4.80. The van der Waals surface area contributed by atoms with Crippen LogP contribution in [0.2, 0.25) is 0 Å². The van der Waals surface area contributed by atoms with Gasteiger partial charge in [-0.1, -0.05) is 0 Å². The zero-order valence-corrected chi connectivity index (χ0v) is 10.2. The van der Waals surface area contributed by atoms with Gasteiger partial charge in [0.1, 0.15) is 6.61 Å². The van der Waals surface area contributed by atoms with E-state index < -0.39 is 0 Å². The van der Waals surface area contributed by atoms with Gasteiger partial charge in [0.2, 0.25) is 0 Å². The van der Waals surface area contributed by atoms with Gasteiger partial charge in [0, 0.05) is 17.9 Å². The Balaban J connectivity index is 2.17. The monoisotopic (exact) mass is 318 g/mol. The van der Waals surface area contributed by atoms with Crippen LogP contribution in [0.5, 0.6) is 0 Å². The van der Waals surface area contributed by atoms with Gasteiger partial charge in [-0.05, 0) is 24.3 Å². The fourth-order valence-electron chi connectivity index (χ4n) is 1.50. The zero-order chi connectivity index (χ0) is 10.7. The molecule has 1 N–H and O–H groups in total. The van der Waals surface area contributed by atoms with Gasteiger partial charge in [-0.2, -0.15) is 0 Å². The lowest BCUT2D eigenvalue weighted by Crippen LogP contribution is -2.41. The third-order valence-electron chi connectivity index (χ3n) is 2.27. The number of carbonyl (C=O) groups is 1. The van der Waals surface area contributed by atoms with Crippen molar-refractivity contribution in [1.82, 2.24) is 0 Å². The van der Waals surface area contributed by atoms with Crippen LogP contribution in [-0.2, 0) is 9.53 Å². The van der Waals surface area contributed by atoms with Crippen molar-refractivity contribution in [1.29, 1.82) is 0 Å². The molecule has 0 spiro atoms. The highest BCUT2D eigenvalue weighted by Crippen LogP contribution is 2.20. The summed E-state index contributed by atoms with van der Waals surface area (Å²) in [5, 5.41) is 0. The van der Waals surface area contributed by atoms with Crippen LogP contribution in [0.3, 0.4) is 0 Å². The summed E-state index contributed by atoms with van der Waals surface area (Å²) in [6, 6.07) is 7.77. The normalized spacial score (nSPS) is 16.6. The lowest BCUT2D eigenvalue weighted by molar-refractivity contribution is -0.125. The first-order valence-corrected chi connectivity index (χ1v) is 5.74. The Labute approximate surface area is 102 Å². The average molecular weight is 318 g/mol. The Morgan fingerprint density at radius 1 is 1.33 bits per heavy atom. The minimum absolute atomic E-state index is 0.0245. The van der Waals surface area contributed by atoms with Crippen LogP contribution in [0, 0.1) is 0 Å². The molecule has 0 radical (unpaired) electrons. The van der Waals surface area contributed by atoms with Gasteiger partial charge in [0.15, 0.2) is 0 Å². The highest BCUT2D eigenvalue weighted by atomic mass is 127. The molecule has 5 heteroatoms. The van der Waals surface area contributed by atoms with E-state index in [1.807, 2.05) is 24.3 Å². The molecule has 80 valence electrons. The molecular formula is C10H11IN2O2.